The van der Waals surface area contributed by atoms with Crippen LogP contribution in [-0.2, 0) is 0 Å². The number of hydrogen-bond acceptors (Lipinski definition) is 2. The predicted octanol–water partition coefficient (Wildman–Crippen LogP) is 1.97. The summed E-state index contributed by atoms with van der Waals surface area (Å²) in [5, 5.41) is 6.98. The Morgan fingerprint density at radius 2 is 1.95 bits per heavy atom. The first-order valence-corrected chi connectivity index (χ1v) is 8.12. The van der Waals surface area contributed by atoms with E-state index in [0.717, 1.165) is 25.6 Å². The van der Waals surface area contributed by atoms with E-state index in [2.05, 4.69) is 29.4 Å². The first-order valence-electron chi connectivity index (χ1n) is 8.12. The Labute approximate surface area is 118 Å². The van der Waals surface area contributed by atoms with Gasteiger partial charge in [-0.2, -0.15) is 0 Å². The number of guanidine groups is 1. The van der Waals surface area contributed by atoms with Gasteiger partial charge in [-0.25, -0.2) is 0 Å². The molecular weight excluding hydrogens is 236 g/mol. The van der Waals surface area contributed by atoms with Crippen molar-refractivity contribution < 1.29 is 0 Å². The minimum absolute atomic E-state index is 0.642. The van der Waals surface area contributed by atoms with E-state index in [4.69, 9.17) is 4.99 Å². The van der Waals surface area contributed by atoms with Crippen molar-refractivity contribution in [2.45, 2.75) is 64.5 Å². The molecule has 4 heteroatoms. The Kier molecular flexibility index (Phi) is 5.95. The van der Waals surface area contributed by atoms with E-state index in [1.807, 2.05) is 0 Å². The fourth-order valence-corrected chi connectivity index (χ4v) is 3.30. The lowest BCUT2D eigenvalue weighted by atomic mass is 10.2. The summed E-state index contributed by atoms with van der Waals surface area (Å²) in [5.74, 6) is 1.03. The van der Waals surface area contributed by atoms with E-state index in [0.29, 0.717) is 12.1 Å². The van der Waals surface area contributed by atoms with Crippen molar-refractivity contribution >= 4 is 5.96 Å². The van der Waals surface area contributed by atoms with Gasteiger partial charge in [-0.1, -0.05) is 19.8 Å². The van der Waals surface area contributed by atoms with Crippen LogP contribution in [0.3, 0.4) is 0 Å². The second-order valence-corrected chi connectivity index (χ2v) is 5.77. The molecule has 1 heterocycles. The lowest BCUT2D eigenvalue weighted by molar-refractivity contribution is 0.273. The van der Waals surface area contributed by atoms with Crippen LogP contribution < -0.4 is 10.6 Å². The molecular formula is C15H30N4. The molecule has 0 amide bonds. The third-order valence-electron chi connectivity index (χ3n) is 4.41. The van der Waals surface area contributed by atoms with Gasteiger partial charge in [-0.05, 0) is 45.7 Å². The van der Waals surface area contributed by atoms with E-state index in [-0.39, 0.29) is 0 Å². The van der Waals surface area contributed by atoms with Crippen LogP contribution in [0.15, 0.2) is 4.99 Å². The number of hydrogen-bond donors (Lipinski definition) is 2. The van der Waals surface area contributed by atoms with E-state index in [1.54, 1.807) is 0 Å². The van der Waals surface area contributed by atoms with Crippen LogP contribution in [0, 0.1) is 0 Å². The molecule has 2 rings (SSSR count). The van der Waals surface area contributed by atoms with E-state index in [9.17, 15) is 0 Å². The highest BCUT2D eigenvalue weighted by molar-refractivity contribution is 5.80. The number of rotatable bonds is 5. The van der Waals surface area contributed by atoms with Crippen molar-refractivity contribution in [3.8, 4) is 0 Å². The van der Waals surface area contributed by atoms with Crippen molar-refractivity contribution in [2.24, 2.45) is 4.99 Å². The molecule has 1 unspecified atom stereocenters. The molecule has 1 saturated carbocycles. The van der Waals surface area contributed by atoms with Crippen LogP contribution >= 0.6 is 0 Å². The van der Waals surface area contributed by atoms with Crippen LogP contribution in [0.4, 0.5) is 0 Å². The second-order valence-electron chi connectivity index (χ2n) is 5.77. The topological polar surface area (TPSA) is 39.7 Å². The molecule has 0 radical (unpaired) electrons. The van der Waals surface area contributed by atoms with E-state index >= 15 is 0 Å². The van der Waals surface area contributed by atoms with E-state index in [1.165, 1.54) is 45.1 Å². The lowest BCUT2D eigenvalue weighted by Crippen LogP contribution is -2.43. The lowest BCUT2D eigenvalue weighted by Gasteiger charge is -2.22. The van der Waals surface area contributed by atoms with Gasteiger partial charge >= 0.3 is 0 Å². The van der Waals surface area contributed by atoms with Gasteiger partial charge in [0, 0.05) is 18.6 Å². The summed E-state index contributed by atoms with van der Waals surface area (Å²) in [6, 6.07) is 1.30. The summed E-state index contributed by atoms with van der Waals surface area (Å²) in [6.45, 7) is 8.69. The largest absolute Gasteiger partial charge is 0.357 e. The highest BCUT2D eigenvalue weighted by Gasteiger charge is 2.23. The van der Waals surface area contributed by atoms with Crippen molar-refractivity contribution in [1.82, 2.24) is 15.5 Å². The SMILES string of the molecule is CCNC(=NCC1CCCN1CC)NC1CCCC1. The number of likely N-dealkylation sites (tertiary alicyclic amines) is 1. The molecule has 2 N–H and O–H groups in total. The third kappa shape index (κ3) is 4.37. The van der Waals surface area contributed by atoms with Crippen LogP contribution in [0.5, 0.6) is 0 Å². The Balaban J connectivity index is 1.84. The van der Waals surface area contributed by atoms with Gasteiger partial charge in [-0.3, -0.25) is 9.89 Å². The van der Waals surface area contributed by atoms with Crippen molar-refractivity contribution in [2.75, 3.05) is 26.2 Å². The quantitative estimate of drug-likeness (QED) is 0.590. The molecule has 2 fully saturated rings. The van der Waals surface area contributed by atoms with Gasteiger partial charge in [0.2, 0.25) is 0 Å². The fourth-order valence-electron chi connectivity index (χ4n) is 3.30. The number of aliphatic imine (C=N–C) groups is 1. The highest BCUT2D eigenvalue weighted by Crippen LogP contribution is 2.18. The van der Waals surface area contributed by atoms with Gasteiger partial charge in [0.25, 0.3) is 0 Å². The summed E-state index contributed by atoms with van der Waals surface area (Å²) in [4.78, 5) is 7.37. The molecule has 0 aromatic heterocycles. The minimum Gasteiger partial charge on any atom is -0.357 e. The molecule has 1 aliphatic heterocycles. The zero-order chi connectivity index (χ0) is 13.5. The third-order valence-corrected chi connectivity index (χ3v) is 4.41. The highest BCUT2D eigenvalue weighted by atomic mass is 15.2. The van der Waals surface area contributed by atoms with Gasteiger partial charge in [0.15, 0.2) is 5.96 Å². The molecule has 0 spiro atoms. The summed E-state index contributed by atoms with van der Waals surface area (Å²) in [6.07, 6.45) is 7.97. The van der Waals surface area contributed by atoms with Crippen LogP contribution in [0.1, 0.15) is 52.4 Å². The molecule has 0 bridgehead atoms. The standard InChI is InChI=1S/C15H30N4/c1-3-16-15(18-13-8-5-6-9-13)17-12-14-10-7-11-19(14)4-2/h13-14H,3-12H2,1-2H3,(H2,16,17,18). The zero-order valence-corrected chi connectivity index (χ0v) is 12.6. The summed E-state index contributed by atoms with van der Waals surface area (Å²) in [5.41, 5.74) is 0. The fraction of sp³-hybridized carbons (Fsp3) is 0.933. The maximum Gasteiger partial charge on any atom is 0.191 e. The van der Waals surface area contributed by atoms with Crippen molar-refractivity contribution in [1.29, 1.82) is 0 Å². The Bertz CT molecular complexity index is 284. The average molecular weight is 266 g/mol. The summed E-state index contributed by atoms with van der Waals surface area (Å²) in [7, 11) is 0. The van der Waals surface area contributed by atoms with Crippen molar-refractivity contribution in [3.05, 3.63) is 0 Å². The molecule has 0 aromatic rings. The monoisotopic (exact) mass is 266 g/mol. The second kappa shape index (κ2) is 7.73. The van der Waals surface area contributed by atoms with E-state index < -0.39 is 0 Å². The van der Waals surface area contributed by atoms with Gasteiger partial charge in [0.1, 0.15) is 0 Å². The molecule has 19 heavy (non-hydrogen) atoms. The van der Waals surface area contributed by atoms with Crippen LogP contribution in [0.25, 0.3) is 0 Å². The van der Waals surface area contributed by atoms with Gasteiger partial charge in [-0.15, -0.1) is 0 Å². The molecule has 1 saturated heterocycles. The number of nitrogens with zero attached hydrogens (tertiary/aromatic N) is 2. The Morgan fingerprint density at radius 3 is 2.63 bits per heavy atom. The van der Waals surface area contributed by atoms with Gasteiger partial charge < -0.3 is 10.6 Å². The molecule has 4 nitrogen and oxygen atoms in total. The van der Waals surface area contributed by atoms with Crippen LogP contribution in [-0.4, -0.2) is 49.1 Å². The normalized spacial score (nSPS) is 26.0. The Morgan fingerprint density at radius 1 is 1.16 bits per heavy atom. The van der Waals surface area contributed by atoms with Crippen molar-refractivity contribution in [3.63, 3.8) is 0 Å². The zero-order valence-electron chi connectivity index (χ0n) is 12.6. The molecule has 2 aliphatic rings. The average Bonchev–Trinajstić information content (AvgIpc) is 3.07. The first-order chi connectivity index (χ1) is 9.33. The molecule has 0 aromatic carbocycles. The molecule has 1 atom stereocenters. The first kappa shape index (κ1) is 14.6. The molecule has 1 aliphatic carbocycles. The predicted molar refractivity (Wildman–Crippen MR) is 81.6 cm³/mol. The van der Waals surface area contributed by atoms with Gasteiger partial charge in [0.05, 0.1) is 6.54 Å². The summed E-state index contributed by atoms with van der Waals surface area (Å²) >= 11 is 0. The summed E-state index contributed by atoms with van der Waals surface area (Å²) < 4.78 is 0. The molecule has 110 valence electrons. The maximum absolute atomic E-state index is 4.81. The minimum atomic E-state index is 0.642. The maximum atomic E-state index is 4.81. The van der Waals surface area contributed by atoms with Crippen LogP contribution in [0.2, 0.25) is 0 Å². The number of likely N-dealkylation sites (N-methyl/N-ethyl adjacent to an activating group) is 1. The Hall–Kier alpha value is -0.770. The number of nitrogens with one attached hydrogen (secondary N) is 2. The smallest absolute Gasteiger partial charge is 0.191 e.